The lowest BCUT2D eigenvalue weighted by Crippen LogP contribution is -2.31. The molecule has 2 rings (SSSR count). The van der Waals surface area contributed by atoms with Gasteiger partial charge in [-0.3, -0.25) is 9.69 Å². The molecular formula is C17H26N2O2. The zero-order valence-electron chi connectivity index (χ0n) is 13.0. The van der Waals surface area contributed by atoms with E-state index in [0.29, 0.717) is 18.4 Å². The summed E-state index contributed by atoms with van der Waals surface area (Å²) in [6, 6.07) is 8.04. The van der Waals surface area contributed by atoms with Gasteiger partial charge >= 0.3 is 0 Å². The van der Waals surface area contributed by atoms with Crippen molar-refractivity contribution in [3.8, 4) is 0 Å². The molecule has 4 nitrogen and oxygen atoms in total. The van der Waals surface area contributed by atoms with Gasteiger partial charge in [-0.1, -0.05) is 26.0 Å². The van der Waals surface area contributed by atoms with Crippen LogP contribution < -0.4 is 5.32 Å². The highest BCUT2D eigenvalue weighted by Crippen LogP contribution is 2.20. The number of carbonyl (C=O) groups excluding carboxylic acids is 1. The Bertz CT molecular complexity index is 474. The number of benzene rings is 1. The molecule has 1 aliphatic rings. The first-order valence-corrected chi connectivity index (χ1v) is 7.81. The lowest BCUT2D eigenvalue weighted by atomic mass is 10.0. The highest BCUT2D eigenvalue weighted by molar-refractivity contribution is 5.92. The molecule has 1 saturated heterocycles. The number of carbonyl (C=O) groups is 1. The van der Waals surface area contributed by atoms with Crippen molar-refractivity contribution in [1.29, 1.82) is 0 Å². The lowest BCUT2D eigenvalue weighted by molar-refractivity contribution is -0.117. The zero-order chi connectivity index (χ0) is 15.2. The van der Waals surface area contributed by atoms with Crippen LogP contribution in [0.2, 0.25) is 0 Å². The van der Waals surface area contributed by atoms with Gasteiger partial charge in [0, 0.05) is 18.8 Å². The summed E-state index contributed by atoms with van der Waals surface area (Å²) < 4.78 is 0. The largest absolute Gasteiger partial charge is 0.396 e. The normalized spacial score (nSPS) is 19.1. The fourth-order valence-electron chi connectivity index (χ4n) is 2.85. The van der Waals surface area contributed by atoms with Crippen molar-refractivity contribution >= 4 is 11.6 Å². The minimum atomic E-state index is 0.0422. The van der Waals surface area contributed by atoms with E-state index in [2.05, 4.69) is 30.1 Å². The maximum atomic E-state index is 12.1. The van der Waals surface area contributed by atoms with Crippen LogP contribution in [-0.4, -0.2) is 42.2 Å². The molecule has 0 radical (unpaired) electrons. The van der Waals surface area contributed by atoms with Gasteiger partial charge in [-0.05, 0) is 48.9 Å². The number of nitrogens with zero attached hydrogens (tertiary/aromatic N) is 1. The van der Waals surface area contributed by atoms with Crippen LogP contribution in [0.15, 0.2) is 24.3 Å². The smallest absolute Gasteiger partial charge is 0.238 e. The Morgan fingerprint density at radius 1 is 1.48 bits per heavy atom. The van der Waals surface area contributed by atoms with Crippen molar-refractivity contribution in [2.24, 2.45) is 5.92 Å². The third-order valence-corrected chi connectivity index (χ3v) is 4.11. The van der Waals surface area contributed by atoms with Crippen LogP contribution in [0.1, 0.15) is 38.2 Å². The molecule has 4 heteroatoms. The van der Waals surface area contributed by atoms with Crippen LogP contribution in [0, 0.1) is 5.92 Å². The van der Waals surface area contributed by atoms with Crippen LogP contribution in [0.5, 0.6) is 0 Å². The average molecular weight is 290 g/mol. The Kier molecular flexibility index (Phi) is 5.76. The molecule has 0 aliphatic carbocycles. The molecule has 116 valence electrons. The van der Waals surface area contributed by atoms with E-state index in [1.165, 1.54) is 5.56 Å². The fraction of sp³-hybridized carbons (Fsp3) is 0.588. The van der Waals surface area contributed by atoms with E-state index in [1.807, 2.05) is 18.2 Å². The van der Waals surface area contributed by atoms with Crippen molar-refractivity contribution in [1.82, 2.24) is 4.90 Å². The van der Waals surface area contributed by atoms with Crippen molar-refractivity contribution in [2.75, 3.05) is 31.6 Å². The Balaban J connectivity index is 1.83. The van der Waals surface area contributed by atoms with Crippen LogP contribution in [0.25, 0.3) is 0 Å². The predicted molar refractivity (Wildman–Crippen MR) is 85.4 cm³/mol. The summed E-state index contributed by atoms with van der Waals surface area (Å²) in [6.45, 7) is 6.84. The second kappa shape index (κ2) is 7.57. The van der Waals surface area contributed by atoms with Gasteiger partial charge in [0.15, 0.2) is 0 Å². The number of likely N-dealkylation sites (tertiary alicyclic amines) is 1. The first-order chi connectivity index (χ1) is 10.1. The van der Waals surface area contributed by atoms with Crippen LogP contribution in [-0.2, 0) is 4.79 Å². The molecule has 1 unspecified atom stereocenters. The van der Waals surface area contributed by atoms with E-state index in [4.69, 9.17) is 5.11 Å². The number of aliphatic hydroxyl groups is 1. The molecule has 1 aliphatic heterocycles. The number of aliphatic hydroxyl groups excluding tert-OH is 1. The molecule has 0 bridgehead atoms. The van der Waals surface area contributed by atoms with Gasteiger partial charge in [0.2, 0.25) is 5.91 Å². The van der Waals surface area contributed by atoms with E-state index in [-0.39, 0.29) is 12.5 Å². The SMILES string of the molecule is CC(C)c1cccc(NC(=O)CN2CCC(CCO)C2)c1. The second-order valence-corrected chi connectivity index (χ2v) is 6.23. The summed E-state index contributed by atoms with van der Waals surface area (Å²) in [5, 5.41) is 11.9. The number of rotatable bonds is 6. The van der Waals surface area contributed by atoms with E-state index in [9.17, 15) is 4.79 Å². The summed E-state index contributed by atoms with van der Waals surface area (Å²) in [5.41, 5.74) is 2.11. The van der Waals surface area contributed by atoms with E-state index < -0.39 is 0 Å². The molecule has 1 aromatic rings. The van der Waals surface area contributed by atoms with Gasteiger partial charge in [0.05, 0.1) is 6.54 Å². The van der Waals surface area contributed by atoms with Gasteiger partial charge in [0.1, 0.15) is 0 Å². The fourth-order valence-corrected chi connectivity index (χ4v) is 2.85. The van der Waals surface area contributed by atoms with Crippen molar-refractivity contribution in [3.63, 3.8) is 0 Å². The molecular weight excluding hydrogens is 264 g/mol. The minimum absolute atomic E-state index is 0.0422. The number of hydrogen-bond acceptors (Lipinski definition) is 3. The van der Waals surface area contributed by atoms with Gasteiger partial charge in [-0.2, -0.15) is 0 Å². The Morgan fingerprint density at radius 2 is 2.29 bits per heavy atom. The molecule has 1 atom stereocenters. The second-order valence-electron chi connectivity index (χ2n) is 6.23. The summed E-state index contributed by atoms with van der Waals surface area (Å²) in [4.78, 5) is 14.3. The first kappa shape index (κ1) is 16.0. The lowest BCUT2D eigenvalue weighted by Gasteiger charge is -2.16. The number of nitrogens with one attached hydrogen (secondary N) is 1. The highest BCUT2D eigenvalue weighted by Gasteiger charge is 2.23. The van der Waals surface area contributed by atoms with Crippen LogP contribution in [0.3, 0.4) is 0 Å². The molecule has 0 aromatic heterocycles. The Morgan fingerprint density at radius 3 is 3.00 bits per heavy atom. The average Bonchev–Trinajstić information content (AvgIpc) is 2.86. The van der Waals surface area contributed by atoms with Gasteiger partial charge in [0.25, 0.3) is 0 Å². The number of anilines is 1. The monoisotopic (exact) mass is 290 g/mol. The molecule has 2 N–H and O–H groups in total. The van der Waals surface area contributed by atoms with Crippen LogP contribution in [0.4, 0.5) is 5.69 Å². The van der Waals surface area contributed by atoms with E-state index in [1.54, 1.807) is 0 Å². The van der Waals surface area contributed by atoms with Crippen molar-refractivity contribution in [2.45, 2.75) is 32.6 Å². The highest BCUT2D eigenvalue weighted by atomic mass is 16.3. The zero-order valence-corrected chi connectivity index (χ0v) is 13.0. The standard InChI is InChI=1S/C17H26N2O2/c1-13(2)15-4-3-5-16(10-15)18-17(21)12-19-8-6-14(11-19)7-9-20/h3-5,10,13-14,20H,6-9,11-12H2,1-2H3,(H,18,21). The van der Waals surface area contributed by atoms with Crippen molar-refractivity contribution in [3.05, 3.63) is 29.8 Å². The molecule has 1 aromatic carbocycles. The molecule has 1 heterocycles. The topological polar surface area (TPSA) is 52.6 Å². The van der Waals surface area contributed by atoms with E-state index in [0.717, 1.165) is 31.6 Å². The Labute approximate surface area is 127 Å². The Hall–Kier alpha value is -1.39. The first-order valence-electron chi connectivity index (χ1n) is 7.81. The van der Waals surface area contributed by atoms with Gasteiger partial charge in [-0.15, -0.1) is 0 Å². The predicted octanol–water partition coefficient (Wildman–Crippen LogP) is 2.45. The summed E-state index contributed by atoms with van der Waals surface area (Å²) in [5.74, 6) is 1.03. The minimum Gasteiger partial charge on any atom is -0.396 e. The summed E-state index contributed by atoms with van der Waals surface area (Å²) >= 11 is 0. The van der Waals surface area contributed by atoms with Crippen molar-refractivity contribution < 1.29 is 9.90 Å². The third-order valence-electron chi connectivity index (χ3n) is 4.11. The number of hydrogen-bond donors (Lipinski definition) is 2. The molecule has 1 amide bonds. The maximum Gasteiger partial charge on any atom is 0.238 e. The van der Waals surface area contributed by atoms with Gasteiger partial charge < -0.3 is 10.4 Å². The third kappa shape index (κ3) is 4.83. The van der Waals surface area contributed by atoms with Gasteiger partial charge in [-0.25, -0.2) is 0 Å². The summed E-state index contributed by atoms with van der Waals surface area (Å²) in [6.07, 6.45) is 1.92. The number of amides is 1. The van der Waals surface area contributed by atoms with Crippen LogP contribution >= 0.6 is 0 Å². The molecule has 1 fully saturated rings. The molecule has 21 heavy (non-hydrogen) atoms. The maximum absolute atomic E-state index is 12.1. The molecule has 0 saturated carbocycles. The quantitative estimate of drug-likeness (QED) is 0.846. The molecule has 0 spiro atoms. The van der Waals surface area contributed by atoms with E-state index >= 15 is 0 Å². The summed E-state index contributed by atoms with van der Waals surface area (Å²) in [7, 11) is 0.